The van der Waals surface area contributed by atoms with Gasteiger partial charge in [-0.1, -0.05) is 16.8 Å². The molecule has 6 heteroatoms. The maximum atomic E-state index is 11.9. The van der Waals surface area contributed by atoms with Crippen molar-refractivity contribution in [1.82, 2.24) is 5.32 Å². The van der Waals surface area contributed by atoms with Crippen LogP contribution in [-0.4, -0.2) is 30.0 Å². The van der Waals surface area contributed by atoms with E-state index in [0.29, 0.717) is 41.5 Å². The van der Waals surface area contributed by atoms with Gasteiger partial charge in [-0.25, -0.2) is 4.79 Å². The van der Waals surface area contributed by atoms with Crippen molar-refractivity contribution in [2.24, 2.45) is 5.16 Å². The number of nitrogens with zero attached hydrogens (tertiary/aromatic N) is 2. The van der Waals surface area contributed by atoms with E-state index in [4.69, 9.17) is 16.8 Å². The van der Waals surface area contributed by atoms with Crippen LogP contribution >= 0.6 is 11.6 Å². The quantitative estimate of drug-likeness (QED) is 0.606. The summed E-state index contributed by atoms with van der Waals surface area (Å²) in [5.74, 6) is 0. The average Bonchev–Trinajstić information content (AvgIpc) is 2.37. The molecule has 0 aromatic heterocycles. The Balaban J connectivity index is 2.43. The van der Waals surface area contributed by atoms with Crippen LogP contribution in [-0.2, 0) is 0 Å². The largest absolute Gasteiger partial charge is 0.411 e. The number of rotatable bonds is 1. The van der Waals surface area contributed by atoms with Crippen LogP contribution in [0.3, 0.4) is 0 Å². The molecule has 0 unspecified atom stereocenters. The summed E-state index contributed by atoms with van der Waals surface area (Å²) in [5, 5.41) is 15.6. The van der Waals surface area contributed by atoms with E-state index < -0.39 is 0 Å². The van der Waals surface area contributed by atoms with Gasteiger partial charge in [0.05, 0.1) is 11.4 Å². The van der Waals surface area contributed by atoms with Crippen LogP contribution in [0, 0.1) is 0 Å². The Kier molecular flexibility index (Phi) is 3.72. The molecule has 5 nitrogen and oxygen atoms in total. The zero-order valence-electron chi connectivity index (χ0n) is 9.98. The second-order valence-corrected chi connectivity index (χ2v) is 4.38. The Bertz CT molecular complexity index is 502. The first-order valence-electron chi connectivity index (χ1n) is 5.73. The molecule has 1 aromatic rings. The molecule has 0 saturated carbocycles. The smallest absolute Gasteiger partial charge is 0.321 e. The Hall–Kier alpha value is -1.75. The zero-order chi connectivity index (χ0) is 13.1. The van der Waals surface area contributed by atoms with Crippen LogP contribution in [0.2, 0.25) is 5.02 Å². The molecule has 0 atom stereocenters. The number of anilines is 1. The molecule has 96 valence electrons. The summed E-state index contributed by atoms with van der Waals surface area (Å²) in [6.45, 7) is 2.92. The Morgan fingerprint density at radius 2 is 2.39 bits per heavy atom. The highest BCUT2D eigenvalue weighted by molar-refractivity contribution is 6.31. The van der Waals surface area contributed by atoms with E-state index in [2.05, 4.69) is 10.5 Å². The molecule has 2 rings (SSSR count). The van der Waals surface area contributed by atoms with Crippen molar-refractivity contribution in [3.8, 4) is 0 Å². The summed E-state index contributed by atoms with van der Waals surface area (Å²) in [6.07, 6.45) is 0.501. The molecule has 0 saturated heterocycles. The number of hydrogen-bond donors (Lipinski definition) is 2. The normalized spacial score (nSPS) is 16.6. The van der Waals surface area contributed by atoms with Crippen molar-refractivity contribution in [1.29, 1.82) is 0 Å². The predicted octanol–water partition coefficient (Wildman–Crippen LogP) is 2.46. The second kappa shape index (κ2) is 5.27. The van der Waals surface area contributed by atoms with Gasteiger partial charge in [-0.2, -0.15) is 0 Å². The van der Waals surface area contributed by atoms with Gasteiger partial charge in [0, 0.05) is 30.1 Å². The third-order valence-corrected chi connectivity index (χ3v) is 3.06. The molecule has 0 bridgehead atoms. The van der Waals surface area contributed by atoms with Crippen molar-refractivity contribution < 1.29 is 10.0 Å². The Labute approximate surface area is 110 Å². The second-order valence-electron chi connectivity index (χ2n) is 3.95. The summed E-state index contributed by atoms with van der Waals surface area (Å²) in [7, 11) is 0. The lowest BCUT2D eigenvalue weighted by molar-refractivity contribution is 0.246. The number of fused-ring (bicyclic) bond motifs is 1. The highest BCUT2D eigenvalue weighted by Crippen LogP contribution is 2.30. The average molecular weight is 268 g/mol. The molecule has 1 aliphatic rings. The van der Waals surface area contributed by atoms with Crippen molar-refractivity contribution in [3.05, 3.63) is 28.8 Å². The minimum absolute atomic E-state index is 0.155. The molecule has 1 heterocycles. The molecule has 0 aliphatic carbocycles. The van der Waals surface area contributed by atoms with Crippen molar-refractivity contribution in [2.75, 3.05) is 18.0 Å². The fourth-order valence-corrected chi connectivity index (χ4v) is 2.18. The number of carbonyl (C=O) groups excluding carboxylic acids is 1. The number of benzene rings is 1. The zero-order valence-corrected chi connectivity index (χ0v) is 10.7. The summed E-state index contributed by atoms with van der Waals surface area (Å²) in [4.78, 5) is 13.5. The van der Waals surface area contributed by atoms with Crippen molar-refractivity contribution in [2.45, 2.75) is 13.3 Å². The van der Waals surface area contributed by atoms with Crippen LogP contribution in [0.25, 0.3) is 0 Å². The molecular formula is C12H14ClN3O2. The lowest BCUT2D eigenvalue weighted by Gasteiger charge is -2.29. The third-order valence-electron chi connectivity index (χ3n) is 2.83. The first kappa shape index (κ1) is 12.7. The van der Waals surface area contributed by atoms with Gasteiger partial charge in [-0.05, 0) is 25.1 Å². The number of halogens is 1. The highest BCUT2D eigenvalue weighted by atomic mass is 35.5. The van der Waals surface area contributed by atoms with Gasteiger partial charge in [0.15, 0.2) is 0 Å². The fraction of sp³-hybridized carbons (Fsp3) is 0.333. The molecule has 0 fully saturated rings. The van der Waals surface area contributed by atoms with Gasteiger partial charge in [-0.3, -0.25) is 4.90 Å². The lowest BCUT2D eigenvalue weighted by Crippen LogP contribution is -2.44. The number of urea groups is 1. The highest BCUT2D eigenvalue weighted by Gasteiger charge is 2.26. The number of carbonyl (C=O) groups is 1. The predicted molar refractivity (Wildman–Crippen MR) is 70.8 cm³/mol. The molecule has 1 aromatic carbocycles. The SMILES string of the molecule is CCNC(=O)N1CCC(=NO)c2cc(Cl)ccc21. The van der Waals surface area contributed by atoms with Gasteiger partial charge in [0.1, 0.15) is 0 Å². The van der Waals surface area contributed by atoms with Crippen molar-refractivity contribution >= 4 is 29.0 Å². The van der Waals surface area contributed by atoms with Crippen molar-refractivity contribution in [3.63, 3.8) is 0 Å². The molecule has 0 radical (unpaired) electrons. The summed E-state index contributed by atoms with van der Waals surface area (Å²) >= 11 is 5.93. The summed E-state index contributed by atoms with van der Waals surface area (Å²) in [5.41, 5.74) is 1.96. The molecule has 0 spiro atoms. The van der Waals surface area contributed by atoms with Gasteiger partial charge >= 0.3 is 6.03 Å². The Morgan fingerprint density at radius 3 is 3.06 bits per heavy atom. The molecule has 18 heavy (non-hydrogen) atoms. The third kappa shape index (κ3) is 2.26. The monoisotopic (exact) mass is 267 g/mol. The number of hydrogen-bond acceptors (Lipinski definition) is 3. The van der Waals surface area contributed by atoms with Gasteiger partial charge < -0.3 is 10.5 Å². The van der Waals surface area contributed by atoms with Crippen LogP contribution < -0.4 is 10.2 Å². The van der Waals surface area contributed by atoms with E-state index in [1.165, 1.54) is 0 Å². The van der Waals surface area contributed by atoms with E-state index in [1.54, 1.807) is 23.1 Å². The minimum Gasteiger partial charge on any atom is -0.411 e. The first-order valence-corrected chi connectivity index (χ1v) is 6.11. The van der Waals surface area contributed by atoms with E-state index >= 15 is 0 Å². The first-order chi connectivity index (χ1) is 8.67. The van der Waals surface area contributed by atoms with Crippen LogP contribution in [0.5, 0.6) is 0 Å². The molecule has 1 aliphatic heterocycles. The Morgan fingerprint density at radius 1 is 1.61 bits per heavy atom. The maximum Gasteiger partial charge on any atom is 0.321 e. The number of amides is 2. The van der Waals surface area contributed by atoms with Crippen LogP contribution in [0.1, 0.15) is 18.9 Å². The molecule has 2 amide bonds. The van der Waals surface area contributed by atoms with E-state index in [0.717, 1.165) is 0 Å². The summed E-state index contributed by atoms with van der Waals surface area (Å²) in [6, 6.07) is 5.03. The topological polar surface area (TPSA) is 64.9 Å². The van der Waals surface area contributed by atoms with E-state index in [-0.39, 0.29) is 6.03 Å². The lowest BCUT2D eigenvalue weighted by atomic mass is 10.00. The maximum absolute atomic E-state index is 11.9. The van der Waals surface area contributed by atoms with Crippen LogP contribution in [0.4, 0.5) is 10.5 Å². The van der Waals surface area contributed by atoms with E-state index in [1.807, 2.05) is 6.92 Å². The van der Waals surface area contributed by atoms with E-state index in [9.17, 15) is 4.79 Å². The van der Waals surface area contributed by atoms with Gasteiger partial charge in [0.2, 0.25) is 0 Å². The number of oxime groups is 1. The van der Waals surface area contributed by atoms with Gasteiger partial charge in [-0.15, -0.1) is 0 Å². The fourth-order valence-electron chi connectivity index (χ4n) is 2.01. The summed E-state index contributed by atoms with van der Waals surface area (Å²) < 4.78 is 0. The standard InChI is InChI=1S/C12H14ClN3O2/c1-2-14-12(17)16-6-5-10(15-18)9-7-8(13)3-4-11(9)16/h3-4,7,18H,2,5-6H2,1H3,(H,14,17). The number of nitrogens with one attached hydrogen (secondary N) is 1. The van der Waals surface area contributed by atoms with Gasteiger partial charge in [0.25, 0.3) is 0 Å². The minimum atomic E-state index is -0.155. The molecular weight excluding hydrogens is 254 g/mol. The molecule has 2 N–H and O–H groups in total. The van der Waals surface area contributed by atoms with Crippen LogP contribution in [0.15, 0.2) is 23.4 Å².